The summed E-state index contributed by atoms with van der Waals surface area (Å²) in [5.41, 5.74) is 4.12. The number of benzene rings is 2. The molecule has 0 N–H and O–H groups in total. The summed E-state index contributed by atoms with van der Waals surface area (Å²) < 4.78 is 4.37. The van der Waals surface area contributed by atoms with Gasteiger partial charge in [-0.3, -0.25) is 4.79 Å². The van der Waals surface area contributed by atoms with Crippen LogP contribution in [0.3, 0.4) is 0 Å². The van der Waals surface area contributed by atoms with Gasteiger partial charge in [0.05, 0.1) is 34.9 Å². The minimum atomic E-state index is 0.153. The van der Waals surface area contributed by atoms with Crippen molar-refractivity contribution in [1.82, 2.24) is 19.1 Å². The maximum absolute atomic E-state index is 12.9. The van der Waals surface area contributed by atoms with Gasteiger partial charge in [-0.2, -0.15) is 0 Å². The molecule has 5 heteroatoms. The molecule has 5 nitrogen and oxygen atoms in total. The molecule has 0 aliphatic heterocycles. The molecule has 2 heterocycles. The fourth-order valence-electron chi connectivity index (χ4n) is 3.88. The summed E-state index contributed by atoms with van der Waals surface area (Å²) in [5, 5.41) is 0. The van der Waals surface area contributed by atoms with Gasteiger partial charge in [-0.25, -0.2) is 9.97 Å². The largest absolute Gasteiger partial charge is 0.328 e. The van der Waals surface area contributed by atoms with Gasteiger partial charge in [-0.1, -0.05) is 38.1 Å². The fraction of sp³-hybridized carbons (Fsp3) is 0.348. The average molecular weight is 374 g/mol. The van der Waals surface area contributed by atoms with Crippen molar-refractivity contribution in [1.29, 1.82) is 0 Å². The molecule has 0 radical (unpaired) electrons. The molecule has 2 aromatic heterocycles. The highest BCUT2D eigenvalue weighted by molar-refractivity contribution is 5.85. The zero-order valence-corrected chi connectivity index (χ0v) is 16.6. The molecule has 0 saturated carbocycles. The van der Waals surface area contributed by atoms with E-state index >= 15 is 0 Å². The van der Waals surface area contributed by atoms with Crippen molar-refractivity contribution in [2.45, 2.75) is 52.6 Å². The Morgan fingerprint density at radius 3 is 1.61 bits per heavy atom. The average Bonchev–Trinajstić information content (AvgIpc) is 3.21. The van der Waals surface area contributed by atoms with Gasteiger partial charge in [-0.15, -0.1) is 0 Å². The van der Waals surface area contributed by atoms with Crippen LogP contribution in [0, 0.1) is 0 Å². The Kier molecular flexibility index (Phi) is 5.24. The Morgan fingerprint density at radius 2 is 1.18 bits per heavy atom. The standard InChI is InChI=1S/C23H26N4O/c1-3-13-26-20-11-7-5-9-18(20)24-22(26)15-17(28)16-23-25-19-10-6-8-12-21(19)27(23)14-4-2/h5-12H,3-4,13-16H2,1-2H3. The van der Waals surface area contributed by atoms with Gasteiger partial charge in [0.15, 0.2) is 0 Å². The predicted molar refractivity (Wildman–Crippen MR) is 112 cm³/mol. The molecule has 0 aliphatic carbocycles. The highest BCUT2D eigenvalue weighted by Gasteiger charge is 2.17. The van der Waals surface area contributed by atoms with Gasteiger partial charge in [-0.05, 0) is 37.1 Å². The molecule has 144 valence electrons. The first-order valence-electron chi connectivity index (χ1n) is 10.1. The first-order valence-corrected chi connectivity index (χ1v) is 10.1. The molecule has 0 saturated heterocycles. The molecule has 4 aromatic rings. The summed E-state index contributed by atoms with van der Waals surface area (Å²) in [6, 6.07) is 16.2. The quantitative estimate of drug-likeness (QED) is 0.454. The number of carbonyl (C=O) groups excluding carboxylic acids is 1. The zero-order valence-electron chi connectivity index (χ0n) is 16.6. The van der Waals surface area contributed by atoms with E-state index in [9.17, 15) is 4.79 Å². The first kappa shape index (κ1) is 18.4. The van der Waals surface area contributed by atoms with Crippen LogP contribution in [0.5, 0.6) is 0 Å². The van der Waals surface area contributed by atoms with E-state index in [2.05, 4.69) is 35.1 Å². The number of ketones is 1. The molecule has 2 aromatic carbocycles. The van der Waals surface area contributed by atoms with E-state index < -0.39 is 0 Å². The normalized spacial score (nSPS) is 11.5. The molecule has 0 atom stereocenters. The van der Waals surface area contributed by atoms with Gasteiger partial charge in [0.25, 0.3) is 0 Å². The van der Waals surface area contributed by atoms with Crippen LogP contribution in [0.15, 0.2) is 48.5 Å². The van der Waals surface area contributed by atoms with Crippen LogP contribution in [-0.4, -0.2) is 24.9 Å². The van der Waals surface area contributed by atoms with Crippen LogP contribution in [0.2, 0.25) is 0 Å². The van der Waals surface area contributed by atoms with Crippen molar-refractivity contribution in [3.8, 4) is 0 Å². The van der Waals surface area contributed by atoms with Gasteiger partial charge in [0.2, 0.25) is 0 Å². The van der Waals surface area contributed by atoms with E-state index in [4.69, 9.17) is 9.97 Å². The maximum atomic E-state index is 12.9. The Labute approximate surface area is 165 Å². The van der Waals surface area contributed by atoms with Crippen molar-refractivity contribution < 1.29 is 4.79 Å². The van der Waals surface area contributed by atoms with Crippen LogP contribution in [0.25, 0.3) is 22.1 Å². The van der Waals surface area contributed by atoms with E-state index in [1.807, 2.05) is 36.4 Å². The molecular weight excluding hydrogens is 348 g/mol. The number of hydrogen-bond acceptors (Lipinski definition) is 3. The number of aryl methyl sites for hydroxylation is 2. The third kappa shape index (κ3) is 3.44. The van der Waals surface area contributed by atoms with E-state index in [1.54, 1.807) is 0 Å². The number of nitrogens with zero attached hydrogens (tertiary/aromatic N) is 4. The second-order valence-electron chi connectivity index (χ2n) is 7.23. The summed E-state index contributed by atoms with van der Waals surface area (Å²) in [4.78, 5) is 22.4. The Hall–Kier alpha value is -2.95. The number of Topliss-reactive ketones (excluding diaryl/α,β-unsaturated/α-hetero) is 1. The molecule has 0 fully saturated rings. The molecule has 28 heavy (non-hydrogen) atoms. The minimum absolute atomic E-state index is 0.153. The molecule has 4 rings (SSSR count). The smallest absolute Gasteiger partial charge is 0.147 e. The lowest BCUT2D eigenvalue weighted by Gasteiger charge is -2.09. The molecule has 0 unspecified atom stereocenters. The van der Waals surface area contributed by atoms with Gasteiger partial charge in [0, 0.05) is 13.1 Å². The lowest BCUT2D eigenvalue weighted by Crippen LogP contribution is -2.15. The SMILES string of the molecule is CCCn1c(CC(=O)Cc2nc3ccccc3n2CCC)nc2ccccc21. The van der Waals surface area contributed by atoms with Gasteiger partial charge in [0.1, 0.15) is 17.4 Å². The minimum Gasteiger partial charge on any atom is -0.328 e. The first-order chi connectivity index (χ1) is 13.7. The van der Waals surface area contributed by atoms with Crippen molar-refractivity contribution in [3.05, 3.63) is 60.2 Å². The van der Waals surface area contributed by atoms with E-state index in [0.29, 0.717) is 12.8 Å². The van der Waals surface area contributed by atoms with Crippen molar-refractivity contribution >= 4 is 27.9 Å². The third-order valence-electron chi connectivity index (χ3n) is 5.07. The summed E-state index contributed by atoms with van der Waals surface area (Å²) in [6.07, 6.45) is 2.69. The molecular formula is C23H26N4O. The van der Waals surface area contributed by atoms with E-state index in [1.165, 1.54) is 0 Å². The third-order valence-corrected chi connectivity index (χ3v) is 5.07. The second kappa shape index (κ2) is 7.97. The molecule has 0 amide bonds. The number of aromatic nitrogens is 4. The van der Waals surface area contributed by atoms with Gasteiger partial charge < -0.3 is 9.13 Å². The highest BCUT2D eigenvalue weighted by atomic mass is 16.1. The lowest BCUT2D eigenvalue weighted by atomic mass is 10.2. The van der Waals surface area contributed by atoms with Crippen molar-refractivity contribution in [2.24, 2.45) is 0 Å². The number of hydrogen-bond donors (Lipinski definition) is 0. The zero-order chi connectivity index (χ0) is 19.5. The Morgan fingerprint density at radius 1 is 0.750 bits per heavy atom. The molecule has 0 aliphatic rings. The number of para-hydroxylation sites is 4. The van der Waals surface area contributed by atoms with Crippen LogP contribution in [-0.2, 0) is 30.7 Å². The number of imidazole rings is 2. The molecule has 0 bridgehead atoms. The predicted octanol–water partition coefficient (Wildman–Crippen LogP) is 4.56. The second-order valence-corrected chi connectivity index (χ2v) is 7.23. The van der Waals surface area contributed by atoms with Crippen molar-refractivity contribution in [3.63, 3.8) is 0 Å². The summed E-state index contributed by atoms with van der Waals surface area (Å²) >= 11 is 0. The summed E-state index contributed by atoms with van der Waals surface area (Å²) in [6.45, 7) is 6.04. The van der Waals surface area contributed by atoms with Crippen LogP contribution in [0.1, 0.15) is 38.3 Å². The van der Waals surface area contributed by atoms with Crippen LogP contribution >= 0.6 is 0 Å². The maximum Gasteiger partial charge on any atom is 0.147 e. The summed E-state index contributed by atoms with van der Waals surface area (Å²) in [5.74, 6) is 1.86. The van der Waals surface area contributed by atoms with E-state index in [-0.39, 0.29) is 5.78 Å². The summed E-state index contributed by atoms with van der Waals surface area (Å²) in [7, 11) is 0. The lowest BCUT2D eigenvalue weighted by molar-refractivity contribution is -0.118. The van der Waals surface area contributed by atoms with Crippen LogP contribution in [0.4, 0.5) is 0 Å². The van der Waals surface area contributed by atoms with Crippen molar-refractivity contribution in [2.75, 3.05) is 0 Å². The van der Waals surface area contributed by atoms with Crippen LogP contribution < -0.4 is 0 Å². The number of rotatable bonds is 8. The monoisotopic (exact) mass is 374 g/mol. The van der Waals surface area contributed by atoms with E-state index in [0.717, 1.165) is 59.6 Å². The fourth-order valence-corrected chi connectivity index (χ4v) is 3.88. The Balaban J connectivity index is 1.62. The number of fused-ring (bicyclic) bond motifs is 2. The Bertz CT molecular complexity index is 1030. The molecule has 0 spiro atoms. The number of carbonyl (C=O) groups is 1. The highest BCUT2D eigenvalue weighted by Crippen LogP contribution is 2.20. The topological polar surface area (TPSA) is 52.7 Å². The van der Waals surface area contributed by atoms with Gasteiger partial charge >= 0.3 is 0 Å².